The molecular formula is C21H38O15. The number of rotatable bonds is 9. The highest BCUT2D eigenvalue weighted by molar-refractivity contribution is 4.95. The highest BCUT2D eigenvalue weighted by Crippen LogP contribution is 2.32. The van der Waals surface area contributed by atoms with E-state index in [1.54, 1.807) is 0 Å². The normalized spacial score (nSPS) is 50.2. The summed E-state index contributed by atoms with van der Waals surface area (Å²) in [5, 5.41) is 91.1. The molecule has 15 heteroatoms. The summed E-state index contributed by atoms with van der Waals surface area (Å²) in [7, 11) is 1.36. The van der Waals surface area contributed by atoms with Crippen molar-refractivity contribution in [2.24, 2.45) is 5.92 Å². The van der Waals surface area contributed by atoms with Crippen LogP contribution >= 0.6 is 0 Å². The molecule has 212 valence electrons. The molecule has 0 aromatic heterocycles. The molecule has 0 aromatic carbocycles. The number of methoxy groups -OCH3 is 1. The first kappa shape index (κ1) is 29.9. The van der Waals surface area contributed by atoms with E-state index in [0.29, 0.717) is 0 Å². The van der Waals surface area contributed by atoms with Gasteiger partial charge < -0.3 is 74.4 Å². The van der Waals surface area contributed by atoms with Crippen molar-refractivity contribution in [3.05, 3.63) is 0 Å². The van der Waals surface area contributed by atoms with Gasteiger partial charge >= 0.3 is 0 Å². The van der Waals surface area contributed by atoms with Gasteiger partial charge in [0.2, 0.25) is 0 Å². The Labute approximate surface area is 207 Å². The maximum absolute atomic E-state index is 10.7. The average Bonchev–Trinajstić information content (AvgIpc) is 2.87. The third-order valence-corrected chi connectivity index (χ3v) is 6.88. The van der Waals surface area contributed by atoms with Gasteiger partial charge in [-0.1, -0.05) is 0 Å². The van der Waals surface area contributed by atoms with E-state index in [1.807, 2.05) is 0 Å². The second kappa shape index (κ2) is 13.0. The smallest absolute Gasteiger partial charge is 0.187 e. The maximum atomic E-state index is 10.7. The molecule has 0 bridgehead atoms. The van der Waals surface area contributed by atoms with Gasteiger partial charge in [-0.05, 0) is 6.92 Å². The Morgan fingerprint density at radius 1 is 0.611 bits per heavy atom. The van der Waals surface area contributed by atoms with Gasteiger partial charge in [-0.3, -0.25) is 0 Å². The van der Waals surface area contributed by atoms with Crippen molar-refractivity contribution in [1.82, 2.24) is 0 Å². The second-order valence-corrected chi connectivity index (χ2v) is 9.32. The Balaban J connectivity index is 1.72. The molecule has 3 rings (SSSR count). The highest BCUT2D eigenvalue weighted by atomic mass is 16.7. The molecule has 0 aromatic rings. The maximum Gasteiger partial charge on any atom is 0.187 e. The summed E-state index contributed by atoms with van der Waals surface area (Å²) >= 11 is 0. The first-order valence-electron chi connectivity index (χ1n) is 11.8. The van der Waals surface area contributed by atoms with Gasteiger partial charge in [0, 0.05) is 13.0 Å². The van der Waals surface area contributed by atoms with Crippen molar-refractivity contribution in [2.75, 3.05) is 33.5 Å². The van der Waals surface area contributed by atoms with Crippen LogP contribution in [-0.4, -0.2) is 165 Å². The Hall–Kier alpha value is -0.600. The molecule has 0 spiro atoms. The van der Waals surface area contributed by atoms with Crippen molar-refractivity contribution in [3.8, 4) is 0 Å². The van der Waals surface area contributed by atoms with E-state index >= 15 is 0 Å². The Morgan fingerprint density at radius 2 is 1.22 bits per heavy atom. The van der Waals surface area contributed by atoms with Crippen molar-refractivity contribution >= 4 is 0 Å². The first-order valence-corrected chi connectivity index (χ1v) is 11.8. The molecule has 36 heavy (non-hydrogen) atoms. The van der Waals surface area contributed by atoms with Crippen LogP contribution < -0.4 is 0 Å². The van der Waals surface area contributed by atoms with E-state index in [2.05, 4.69) is 0 Å². The first-order chi connectivity index (χ1) is 17.0. The standard InChI is InChI=1S/C21H38O15/c1-7-12(24)16(28)19(10(4-23)33-7)36-21-17(29)13(25)8(5-31-2)11(35-21)6-32-20-18(30)15(27)14(26)9(3-22)34-20/h7-30H,3-6H2,1-2H3/t7-,8+,9?,10-,11?,12?,13+,14-,15+,16?,17?,18?,19+,20-,21-/m0/s1. The van der Waals surface area contributed by atoms with Crippen molar-refractivity contribution < 1.29 is 74.4 Å². The predicted octanol–water partition coefficient (Wildman–Crippen LogP) is -5.60. The summed E-state index contributed by atoms with van der Waals surface area (Å²) in [5.74, 6) is -0.860. The third-order valence-electron chi connectivity index (χ3n) is 6.88. The molecule has 3 saturated heterocycles. The van der Waals surface area contributed by atoms with Crippen LogP contribution in [0.15, 0.2) is 0 Å². The third kappa shape index (κ3) is 6.17. The summed E-state index contributed by atoms with van der Waals surface area (Å²) in [4.78, 5) is 0. The minimum Gasteiger partial charge on any atom is -0.394 e. The fourth-order valence-corrected chi connectivity index (χ4v) is 4.65. The number of hydrogen-bond donors (Lipinski definition) is 9. The Bertz CT molecular complexity index is 667. The zero-order valence-corrected chi connectivity index (χ0v) is 20.0. The van der Waals surface area contributed by atoms with Crippen molar-refractivity contribution in [1.29, 1.82) is 0 Å². The lowest BCUT2D eigenvalue weighted by atomic mass is 9.89. The largest absolute Gasteiger partial charge is 0.394 e. The average molecular weight is 531 g/mol. The Morgan fingerprint density at radius 3 is 1.83 bits per heavy atom. The molecule has 0 saturated carbocycles. The molecular weight excluding hydrogens is 492 g/mol. The Kier molecular flexibility index (Phi) is 10.8. The number of aliphatic hydroxyl groups excluding tert-OH is 9. The molecule has 0 radical (unpaired) electrons. The number of aliphatic hydroxyl groups is 9. The lowest BCUT2D eigenvalue weighted by Gasteiger charge is -2.47. The molecule has 9 N–H and O–H groups in total. The van der Waals surface area contributed by atoms with Crippen LogP contribution in [0.5, 0.6) is 0 Å². The molecule has 3 aliphatic rings. The summed E-state index contributed by atoms with van der Waals surface area (Å²) in [5.41, 5.74) is 0. The summed E-state index contributed by atoms with van der Waals surface area (Å²) in [6.45, 7) is -0.185. The summed E-state index contributed by atoms with van der Waals surface area (Å²) < 4.78 is 32.9. The topological polar surface area (TPSA) is 237 Å². The monoisotopic (exact) mass is 530 g/mol. The van der Waals surface area contributed by atoms with Crippen molar-refractivity contribution in [2.45, 2.75) is 92.8 Å². The van der Waals surface area contributed by atoms with Crippen LogP contribution in [0.2, 0.25) is 0 Å². The van der Waals surface area contributed by atoms with Crippen LogP contribution in [0, 0.1) is 5.92 Å². The molecule has 3 heterocycles. The van der Waals surface area contributed by atoms with Crippen LogP contribution in [0.3, 0.4) is 0 Å². The van der Waals surface area contributed by atoms with Gasteiger partial charge in [0.1, 0.15) is 54.9 Å². The fourth-order valence-electron chi connectivity index (χ4n) is 4.65. The minimum atomic E-state index is -1.67. The number of hydrogen-bond acceptors (Lipinski definition) is 15. The number of ether oxygens (including phenoxy) is 6. The molecule has 0 aliphatic carbocycles. The molecule has 15 nitrogen and oxygen atoms in total. The quantitative estimate of drug-likeness (QED) is 0.135. The second-order valence-electron chi connectivity index (χ2n) is 9.32. The van der Waals surface area contributed by atoms with E-state index in [9.17, 15) is 46.0 Å². The van der Waals surface area contributed by atoms with Crippen LogP contribution in [-0.2, 0) is 28.4 Å². The molecule has 3 fully saturated rings. The summed E-state index contributed by atoms with van der Waals surface area (Å²) in [6, 6.07) is 0. The van der Waals surface area contributed by atoms with Gasteiger partial charge in [0.15, 0.2) is 12.6 Å². The lowest BCUT2D eigenvalue weighted by molar-refractivity contribution is -0.349. The zero-order valence-electron chi connectivity index (χ0n) is 20.0. The molecule has 15 atom stereocenters. The summed E-state index contributed by atoms with van der Waals surface area (Å²) in [6.07, 6.45) is -19.3. The SMILES string of the molecule is COC[C@@H]1C(CO[C@H]2OC(CO)[C@H](O)[C@@H](O)C2O)O[C@@H](O[C@H]2C(O)C(O)[C@H](C)O[C@H]2CO)C(O)[C@@H]1O. The van der Waals surface area contributed by atoms with Crippen LogP contribution in [0.1, 0.15) is 6.92 Å². The van der Waals surface area contributed by atoms with Gasteiger partial charge in [-0.25, -0.2) is 0 Å². The molecule has 3 aliphatic heterocycles. The lowest BCUT2D eigenvalue weighted by Crippen LogP contribution is -2.64. The van der Waals surface area contributed by atoms with Gasteiger partial charge in [-0.2, -0.15) is 0 Å². The zero-order chi connectivity index (χ0) is 26.7. The van der Waals surface area contributed by atoms with E-state index in [1.165, 1.54) is 14.0 Å². The van der Waals surface area contributed by atoms with E-state index in [0.717, 1.165) is 0 Å². The van der Waals surface area contributed by atoms with Crippen molar-refractivity contribution in [3.63, 3.8) is 0 Å². The van der Waals surface area contributed by atoms with Crippen LogP contribution in [0.4, 0.5) is 0 Å². The van der Waals surface area contributed by atoms with Gasteiger partial charge in [0.25, 0.3) is 0 Å². The van der Waals surface area contributed by atoms with E-state index < -0.39 is 105 Å². The fraction of sp³-hybridized carbons (Fsp3) is 1.00. The predicted molar refractivity (Wildman–Crippen MR) is 114 cm³/mol. The van der Waals surface area contributed by atoms with E-state index in [-0.39, 0.29) is 13.2 Å². The minimum absolute atomic E-state index is 0.0850. The molecule has 0 amide bonds. The molecule has 6 unspecified atom stereocenters. The van der Waals surface area contributed by atoms with E-state index in [4.69, 9.17) is 28.4 Å². The van der Waals surface area contributed by atoms with Gasteiger partial charge in [0.05, 0.1) is 44.7 Å². The van der Waals surface area contributed by atoms with Crippen LogP contribution in [0.25, 0.3) is 0 Å². The van der Waals surface area contributed by atoms with Gasteiger partial charge in [-0.15, -0.1) is 0 Å². The highest BCUT2D eigenvalue weighted by Gasteiger charge is 2.51.